The standard InChI is InChI=1S/C12H14N4O2/c17-12(18)11-3-1-2-10(15-11)8-13-4-6-16-7-5-14-9-16/h1-3,5,7,9,13H,4,6,8H2,(H,17,18). The Morgan fingerprint density at radius 1 is 1.44 bits per heavy atom. The Morgan fingerprint density at radius 2 is 2.33 bits per heavy atom. The average Bonchev–Trinajstić information content (AvgIpc) is 2.88. The van der Waals surface area contributed by atoms with Crippen molar-refractivity contribution in [2.75, 3.05) is 6.54 Å². The second-order valence-corrected chi connectivity index (χ2v) is 3.80. The molecule has 18 heavy (non-hydrogen) atoms. The van der Waals surface area contributed by atoms with E-state index in [0.29, 0.717) is 6.54 Å². The number of aromatic carboxylic acids is 1. The third kappa shape index (κ3) is 3.39. The summed E-state index contributed by atoms with van der Waals surface area (Å²) in [5.41, 5.74) is 0.796. The molecule has 6 heteroatoms. The maximum Gasteiger partial charge on any atom is 0.354 e. The van der Waals surface area contributed by atoms with Gasteiger partial charge in [0.05, 0.1) is 12.0 Å². The Hall–Kier alpha value is -2.21. The molecule has 0 saturated heterocycles. The van der Waals surface area contributed by atoms with E-state index < -0.39 is 5.97 Å². The molecular formula is C12H14N4O2. The molecule has 0 aromatic carbocycles. The minimum absolute atomic E-state index is 0.0731. The number of hydrogen-bond donors (Lipinski definition) is 2. The van der Waals surface area contributed by atoms with Gasteiger partial charge in [-0.15, -0.1) is 0 Å². The molecule has 0 atom stereocenters. The van der Waals surface area contributed by atoms with E-state index in [1.165, 1.54) is 6.07 Å². The number of rotatable bonds is 6. The van der Waals surface area contributed by atoms with Gasteiger partial charge in [-0.05, 0) is 12.1 Å². The number of hydrogen-bond acceptors (Lipinski definition) is 4. The van der Waals surface area contributed by atoms with E-state index in [-0.39, 0.29) is 5.69 Å². The van der Waals surface area contributed by atoms with Crippen molar-refractivity contribution >= 4 is 5.97 Å². The van der Waals surface area contributed by atoms with Gasteiger partial charge in [-0.3, -0.25) is 0 Å². The molecule has 0 aliphatic rings. The summed E-state index contributed by atoms with van der Waals surface area (Å²) in [7, 11) is 0. The molecule has 0 unspecified atom stereocenters. The van der Waals surface area contributed by atoms with E-state index in [2.05, 4.69) is 15.3 Å². The van der Waals surface area contributed by atoms with Crippen LogP contribution in [0.25, 0.3) is 0 Å². The lowest BCUT2D eigenvalue weighted by Gasteiger charge is -2.05. The van der Waals surface area contributed by atoms with Crippen molar-refractivity contribution in [1.82, 2.24) is 19.9 Å². The fourth-order valence-electron chi connectivity index (χ4n) is 1.54. The van der Waals surface area contributed by atoms with Gasteiger partial charge in [-0.2, -0.15) is 0 Å². The molecule has 2 aromatic heterocycles. The SMILES string of the molecule is O=C(O)c1cccc(CNCCn2ccnc2)n1. The van der Waals surface area contributed by atoms with E-state index in [1.807, 2.05) is 10.8 Å². The van der Waals surface area contributed by atoms with E-state index >= 15 is 0 Å². The highest BCUT2D eigenvalue weighted by Gasteiger charge is 2.04. The molecule has 2 N–H and O–H groups in total. The van der Waals surface area contributed by atoms with Crippen LogP contribution < -0.4 is 5.32 Å². The second-order valence-electron chi connectivity index (χ2n) is 3.80. The number of carbonyl (C=O) groups is 1. The zero-order chi connectivity index (χ0) is 12.8. The van der Waals surface area contributed by atoms with Crippen molar-refractivity contribution in [1.29, 1.82) is 0 Å². The highest BCUT2D eigenvalue weighted by molar-refractivity contribution is 5.85. The van der Waals surface area contributed by atoms with E-state index in [9.17, 15) is 4.79 Å². The lowest BCUT2D eigenvalue weighted by molar-refractivity contribution is 0.0690. The largest absolute Gasteiger partial charge is 0.477 e. The fourth-order valence-corrected chi connectivity index (χ4v) is 1.54. The summed E-state index contributed by atoms with van der Waals surface area (Å²) in [6.45, 7) is 2.14. The van der Waals surface area contributed by atoms with Crippen LogP contribution in [0, 0.1) is 0 Å². The van der Waals surface area contributed by atoms with Crippen molar-refractivity contribution in [2.24, 2.45) is 0 Å². The lowest BCUT2D eigenvalue weighted by atomic mass is 10.3. The van der Waals surface area contributed by atoms with Gasteiger partial charge in [-0.25, -0.2) is 14.8 Å². The minimum Gasteiger partial charge on any atom is -0.477 e. The Kier molecular flexibility index (Phi) is 4.03. The van der Waals surface area contributed by atoms with Gasteiger partial charge < -0.3 is 15.0 Å². The summed E-state index contributed by atoms with van der Waals surface area (Å²) in [6, 6.07) is 4.98. The maximum atomic E-state index is 10.7. The number of nitrogens with zero attached hydrogens (tertiary/aromatic N) is 3. The van der Waals surface area contributed by atoms with Crippen LogP contribution in [-0.4, -0.2) is 32.2 Å². The molecule has 0 radical (unpaired) electrons. The summed E-state index contributed by atoms with van der Waals surface area (Å²) in [6.07, 6.45) is 5.38. The number of carboxylic acid groups (broad SMARTS) is 1. The van der Waals surface area contributed by atoms with Crippen LogP contribution in [0.3, 0.4) is 0 Å². The topological polar surface area (TPSA) is 80.0 Å². The molecular weight excluding hydrogens is 232 g/mol. The van der Waals surface area contributed by atoms with Crippen LogP contribution in [0.5, 0.6) is 0 Å². The molecule has 0 amide bonds. The molecule has 0 aliphatic heterocycles. The summed E-state index contributed by atoms with van der Waals surface area (Å²) in [4.78, 5) is 18.7. The Bertz CT molecular complexity index is 511. The first-order valence-corrected chi connectivity index (χ1v) is 5.61. The third-order valence-corrected chi connectivity index (χ3v) is 2.44. The molecule has 0 aliphatic carbocycles. The second kappa shape index (κ2) is 5.92. The number of pyridine rings is 1. The quantitative estimate of drug-likeness (QED) is 0.736. The average molecular weight is 246 g/mol. The number of carboxylic acids is 1. The van der Waals surface area contributed by atoms with Crippen LogP contribution >= 0.6 is 0 Å². The molecule has 0 fully saturated rings. The maximum absolute atomic E-state index is 10.7. The first-order chi connectivity index (χ1) is 8.75. The molecule has 0 bridgehead atoms. The smallest absolute Gasteiger partial charge is 0.354 e. The molecule has 2 aromatic rings. The summed E-state index contributed by atoms with van der Waals surface area (Å²) >= 11 is 0. The first kappa shape index (κ1) is 12.3. The van der Waals surface area contributed by atoms with E-state index in [1.54, 1.807) is 24.7 Å². The predicted molar refractivity (Wildman–Crippen MR) is 65.1 cm³/mol. The van der Waals surface area contributed by atoms with E-state index in [4.69, 9.17) is 5.11 Å². The lowest BCUT2D eigenvalue weighted by Crippen LogP contribution is -2.20. The van der Waals surface area contributed by atoms with Crippen LogP contribution in [-0.2, 0) is 13.1 Å². The van der Waals surface area contributed by atoms with Crippen molar-refractivity contribution < 1.29 is 9.90 Å². The van der Waals surface area contributed by atoms with Crippen LogP contribution in [0.4, 0.5) is 0 Å². The number of imidazole rings is 1. The number of aromatic nitrogens is 3. The monoisotopic (exact) mass is 246 g/mol. The zero-order valence-corrected chi connectivity index (χ0v) is 9.78. The normalized spacial score (nSPS) is 10.4. The van der Waals surface area contributed by atoms with Gasteiger partial charge in [0.1, 0.15) is 5.69 Å². The van der Waals surface area contributed by atoms with Crippen molar-refractivity contribution in [3.8, 4) is 0 Å². The Labute approximate surface area is 104 Å². The minimum atomic E-state index is -1.00. The van der Waals surface area contributed by atoms with Crippen molar-refractivity contribution in [2.45, 2.75) is 13.1 Å². The van der Waals surface area contributed by atoms with Crippen LogP contribution in [0.15, 0.2) is 36.9 Å². The zero-order valence-electron chi connectivity index (χ0n) is 9.78. The number of nitrogens with one attached hydrogen (secondary N) is 1. The molecule has 2 heterocycles. The highest BCUT2D eigenvalue weighted by Crippen LogP contribution is 1.99. The summed E-state index contributed by atoms with van der Waals surface area (Å²) in [5, 5.41) is 12.0. The van der Waals surface area contributed by atoms with Crippen LogP contribution in [0.1, 0.15) is 16.2 Å². The van der Waals surface area contributed by atoms with Crippen molar-refractivity contribution in [3.63, 3.8) is 0 Å². The van der Waals surface area contributed by atoms with Gasteiger partial charge in [0.2, 0.25) is 0 Å². The molecule has 0 spiro atoms. The van der Waals surface area contributed by atoms with Gasteiger partial charge >= 0.3 is 5.97 Å². The highest BCUT2D eigenvalue weighted by atomic mass is 16.4. The van der Waals surface area contributed by atoms with Crippen LogP contribution in [0.2, 0.25) is 0 Å². The van der Waals surface area contributed by atoms with Gasteiger partial charge in [-0.1, -0.05) is 6.07 Å². The van der Waals surface area contributed by atoms with Gasteiger partial charge in [0.25, 0.3) is 0 Å². The van der Waals surface area contributed by atoms with Gasteiger partial charge in [0, 0.05) is 32.0 Å². The van der Waals surface area contributed by atoms with Crippen molar-refractivity contribution in [3.05, 3.63) is 48.3 Å². The molecule has 0 saturated carbocycles. The Morgan fingerprint density at radius 3 is 3.06 bits per heavy atom. The van der Waals surface area contributed by atoms with Gasteiger partial charge in [0.15, 0.2) is 0 Å². The first-order valence-electron chi connectivity index (χ1n) is 5.61. The third-order valence-electron chi connectivity index (χ3n) is 2.44. The summed E-state index contributed by atoms with van der Waals surface area (Å²) < 4.78 is 1.97. The molecule has 2 rings (SSSR count). The van der Waals surface area contributed by atoms with E-state index in [0.717, 1.165) is 18.8 Å². The predicted octanol–water partition coefficient (Wildman–Crippen LogP) is 0.766. The molecule has 94 valence electrons. The summed E-state index contributed by atoms with van der Waals surface area (Å²) in [5.74, 6) is -1.00. The fraction of sp³-hybridized carbons (Fsp3) is 0.250. The molecule has 6 nitrogen and oxygen atoms in total. The Balaban J connectivity index is 1.79.